The standard InChI is InChI=1S/C18H26N2O2/c1-13-2-5-16(6-3-13)20(18(19)21)10-8-14-4-7-17-15(12-14)9-11-22-17/h4,7,12-13,16H,2-3,5-6,8-11H2,1H3,(H2,19,21)/t13-,16-. The Balaban J connectivity index is 1.61. The molecule has 1 fully saturated rings. The maximum atomic E-state index is 11.8. The maximum Gasteiger partial charge on any atom is 0.315 e. The molecule has 0 radical (unpaired) electrons. The molecule has 1 saturated carbocycles. The van der Waals surface area contributed by atoms with Gasteiger partial charge in [-0.25, -0.2) is 4.79 Å². The van der Waals surface area contributed by atoms with Gasteiger partial charge in [-0.3, -0.25) is 0 Å². The molecular formula is C18H26N2O2. The van der Waals surface area contributed by atoms with Gasteiger partial charge in [0.2, 0.25) is 0 Å². The van der Waals surface area contributed by atoms with Crippen LogP contribution in [0.3, 0.4) is 0 Å². The van der Waals surface area contributed by atoms with Crippen LogP contribution in [0, 0.1) is 5.92 Å². The van der Waals surface area contributed by atoms with Gasteiger partial charge < -0.3 is 15.4 Å². The Bertz CT molecular complexity index is 536. The third kappa shape index (κ3) is 3.37. The van der Waals surface area contributed by atoms with E-state index < -0.39 is 0 Å². The van der Waals surface area contributed by atoms with Crippen molar-refractivity contribution in [2.75, 3.05) is 13.2 Å². The first kappa shape index (κ1) is 15.2. The molecule has 1 aromatic rings. The number of ether oxygens (including phenoxy) is 1. The van der Waals surface area contributed by atoms with E-state index in [1.165, 1.54) is 24.0 Å². The lowest BCUT2D eigenvalue weighted by Gasteiger charge is -2.35. The summed E-state index contributed by atoms with van der Waals surface area (Å²) >= 11 is 0. The largest absolute Gasteiger partial charge is 0.493 e. The van der Waals surface area contributed by atoms with Gasteiger partial charge in [0.05, 0.1) is 6.61 Å². The highest BCUT2D eigenvalue weighted by molar-refractivity contribution is 5.72. The van der Waals surface area contributed by atoms with E-state index in [1.807, 2.05) is 4.90 Å². The molecule has 3 rings (SSSR count). The monoisotopic (exact) mass is 302 g/mol. The fraction of sp³-hybridized carbons (Fsp3) is 0.611. The van der Waals surface area contributed by atoms with Crippen molar-refractivity contribution in [2.24, 2.45) is 11.7 Å². The van der Waals surface area contributed by atoms with Gasteiger partial charge in [-0.1, -0.05) is 19.1 Å². The van der Waals surface area contributed by atoms with Gasteiger partial charge in [0.1, 0.15) is 5.75 Å². The third-order valence-corrected chi connectivity index (χ3v) is 5.10. The Kier molecular flexibility index (Phi) is 4.55. The zero-order valence-corrected chi connectivity index (χ0v) is 13.4. The summed E-state index contributed by atoms with van der Waals surface area (Å²) in [5.74, 6) is 1.79. The van der Waals surface area contributed by atoms with Crippen molar-refractivity contribution in [1.82, 2.24) is 4.90 Å². The van der Waals surface area contributed by atoms with Crippen LogP contribution < -0.4 is 10.5 Å². The number of fused-ring (bicyclic) bond motifs is 1. The molecule has 2 N–H and O–H groups in total. The Hall–Kier alpha value is -1.71. The van der Waals surface area contributed by atoms with Crippen molar-refractivity contribution in [3.8, 4) is 5.75 Å². The fourth-order valence-corrected chi connectivity index (χ4v) is 3.67. The highest BCUT2D eigenvalue weighted by Crippen LogP contribution is 2.28. The van der Waals surface area contributed by atoms with Crippen molar-refractivity contribution in [3.63, 3.8) is 0 Å². The summed E-state index contributed by atoms with van der Waals surface area (Å²) in [6.45, 7) is 3.79. The van der Waals surface area contributed by atoms with Crippen LogP contribution in [0.4, 0.5) is 4.79 Å². The molecular weight excluding hydrogens is 276 g/mol. The van der Waals surface area contributed by atoms with Crippen LogP contribution in [0.15, 0.2) is 18.2 Å². The van der Waals surface area contributed by atoms with E-state index in [0.717, 1.165) is 44.0 Å². The lowest BCUT2D eigenvalue weighted by molar-refractivity contribution is 0.154. The van der Waals surface area contributed by atoms with Crippen LogP contribution in [0.25, 0.3) is 0 Å². The molecule has 1 aliphatic carbocycles. The van der Waals surface area contributed by atoms with Crippen molar-refractivity contribution < 1.29 is 9.53 Å². The summed E-state index contributed by atoms with van der Waals surface area (Å²) in [6, 6.07) is 6.42. The number of urea groups is 1. The fourth-order valence-electron chi connectivity index (χ4n) is 3.67. The van der Waals surface area contributed by atoms with E-state index in [2.05, 4.69) is 25.1 Å². The van der Waals surface area contributed by atoms with Gasteiger partial charge in [-0.05, 0) is 55.2 Å². The zero-order valence-electron chi connectivity index (χ0n) is 13.4. The molecule has 4 nitrogen and oxygen atoms in total. The second-order valence-corrected chi connectivity index (χ2v) is 6.74. The van der Waals surface area contributed by atoms with Gasteiger partial charge in [-0.2, -0.15) is 0 Å². The minimum atomic E-state index is -0.274. The van der Waals surface area contributed by atoms with Gasteiger partial charge in [-0.15, -0.1) is 0 Å². The Labute approximate surface area is 132 Å². The van der Waals surface area contributed by atoms with E-state index in [4.69, 9.17) is 10.5 Å². The van der Waals surface area contributed by atoms with Crippen LogP contribution in [0.2, 0.25) is 0 Å². The normalized spacial score (nSPS) is 23.7. The number of hydrogen-bond donors (Lipinski definition) is 1. The average Bonchev–Trinajstić information content (AvgIpc) is 2.96. The minimum Gasteiger partial charge on any atom is -0.493 e. The van der Waals surface area contributed by atoms with Crippen LogP contribution >= 0.6 is 0 Å². The van der Waals surface area contributed by atoms with Gasteiger partial charge in [0, 0.05) is 19.0 Å². The van der Waals surface area contributed by atoms with Gasteiger partial charge in [0.25, 0.3) is 0 Å². The van der Waals surface area contributed by atoms with Crippen LogP contribution in [0.1, 0.15) is 43.7 Å². The van der Waals surface area contributed by atoms with Crippen molar-refractivity contribution in [3.05, 3.63) is 29.3 Å². The minimum absolute atomic E-state index is 0.274. The van der Waals surface area contributed by atoms with E-state index in [0.29, 0.717) is 12.6 Å². The second kappa shape index (κ2) is 6.59. The topological polar surface area (TPSA) is 55.6 Å². The van der Waals surface area contributed by atoms with Gasteiger partial charge in [0.15, 0.2) is 0 Å². The molecule has 0 saturated heterocycles. The number of carbonyl (C=O) groups is 1. The summed E-state index contributed by atoms with van der Waals surface area (Å²) in [7, 11) is 0. The number of amides is 2. The first-order chi connectivity index (χ1) is 10.6. The third-order valence-electron chi connectivity index (χ3n) is 5.10. The molecule has 0 bridgehead atoms. The molecule has 120 valence electrons. The zero-order chi connectivity index (χ0) is 15.5. The highest BCUT2D eigenvalue weighted by Gasteiger charge is 2.26. The molecule has 1 aromatic carbocycles. The van der Waals surface area contributed by atoms with E-state index >= 15 is 0 Å². The Morgan fingerprint density at radius 3 is 2.82 bits per heavy atom. The summed E-state index contributed by atoms with van der Waals surface area (Å²) in [5.41, 5.74) is 8.17. The highest BCUT2D eigenvalue weighted by atomic mass is 16.5. The summed E-state index contributed by atoms with van der Waals surface area (Å²) in [5, 5.41) is 0. The lowest BCUT2D eigenvalue weighted by atomic mass is 9.86. The van der Waals surface area contributed by atoms with Crippen molar-refractivity contribution in [1.29, 1.82) is 0 Å². The summed E-state index contributed by atoms with van der Waals surface area (Å²) in [6.07, 6.45) is 6.42. The predicted octanol–water partition coefficient (Wildman–Crippen LogP) is 3.12. The van der Waals surface area contributed by atoms with Crippen LogP contribution in [0.5, 0.6) is 5.75 Å². The molecule has 0 atom stereocenters. The number of rotatable bonds is 4. The lowest BCUT2D eigenvalue weighted by Crippen LogP contribution is -2.46. The Morgan fingerprint density at radius 2 is 2.09 bits per heavy atom. The van der Waals surface area contributed by atoms with E-state index in [1.54, 1.807) is 0 Å². The maximum absolute atomic E-state index is 11.8. The van der Waals surface area contributed by atoms with Crippen molar-refractivity contribution in [2.45, 2.75) is 51.5 Å². The molecule has 1 aliphatic heterocycles. The number of nitrogens with zero attached hydrogens (tertiary/aromatic N) is 1. The first-order valence-electron chi connectivity index (χ1n) is 8.44. The molecule has 22 heavy (non-hydrogen) atoms. The second-order valence-electron chi connectivity index (χ2n) is 6.74. The number of hydrogen-bond acceptors (Lipinski definition) is 2. The molecule has 2 amide bonds. The molecule has 0 aromatic heterocycles. The molecule has 0 unspecified atom stereocenters. The predicted molar refractivity (Wildman–Crippen MR) is 87.1 cm³/mol. The molecule has 2 aliphatic rings. The van der Waals surface area contributed by atoms with E-state index in [-0.39, 0.29) is 6.03 Å². The summed E-state index contributed by atoms with van der Waals surface area (Å²) < 4.78 is 5.54. The number of nitrogens with two attached hydrogens (primary N) is 1. The van der Waals surface area contributed by atoms with E-state index in [9.17, 15) is 4.79 Å². The number of carbonyl (C=O) groups excluding carboxylic acids is 1. The average molecular weight is 302 g/mol. The molecule has 1 heterocycles. The molecule has 4 heteroatoms. The number of primary amides is 1. The summed E-state index contributed by atoms with van der Waals surface area (Å²) in [4.78, 5) is 13.7. The number of benzene rings is 1. The SMILES string of the molecule is C[C@H]1CC[C@H](N(CCc2ccc3c(c2)CCO3)C(N)=O)CC1. The Morgan fingerprint density at radius 1 is 1.32 bits per heavy atom. The quantitative estimate of drug-likeness (QED) is 0.929. The van der Waals surface area contributed by atoms with Crippen LogP contribution in [-0.4, -0.2) is 30.1 Å². The first-order valence-corrected chi connectivity index (χ1v) is 8.44. The van der Waals surface area contributed by atoms with Crippen molar-refractivity contribution >= 4 is 6.03 Å². The van der Waals surface area contributed by atoms with Gasteiger partial charge >= 0.3 is 6.03 Å². The van der Waals surface area contributed by atoms with Crippen LogP contribution in [-0.2, 0) is 12.8 Å². The molecule has 0 spiro atoms. The smallest absolute Gasteiger partial charge is 0.315 e.